The van der Waals surface area contributed by atoms with Gasteiger partial charge < -0.3 is 20.0 Å². The molecular weight excluding hydrogens is 230 g/mol. The van der Waals surface area contributed by atoms with Crippen molar-refractivity contribution in [3.63, 3.8) is 0 Å². The standard InChI is InChI=1S/C8H11N5O2S/c1-9-3-6-12-13-7(15-6)10-2-5-4-16-8(14)11-5/h4,9H,2-3H2,1H3,(H,10,13)(H,11,14). The molecule has 0 saturated carbocycles. The van der Waals surface area contributed by atoms with E-state index >= 15 is 0 Å². The van der Waals surface area contributed by atoms with E-state index in [4.69, 9.17) is 4.42 Å². The van der Waals surface area contributed by atoms with Crippen LogP contribution in [0.5, 0.6) is 0 Å². The summed E-state index contributed by atoms with van der Waals surface area (Å²) in [7, 11) is 1.80. The predicted molar refractivity (Wildman–Crippen MR) is 59.3 cm³/mol. The van der Waals surface area contributed by atoms with Crippen LogP contribution in [-0.4, -0.2) is 22.2 Å². The highest BCUT2D eigenvalue weighted by Gasteiger charge is 2.04. The molecule has 0 unspecified atom stereocenters. The quantitative estimate of drug-likeness (QED) is 0.689. The van der Waals surface area contributed by atoms with Gasteiger partial charge in [-0.2, -0.15) is 0 Å². The summed E-state index contributed by atoms with van der Waals surface area (Å²) in [5.41, 5.74) is 0.795. The summed E-state index contributed by atoms with van der Waals surface area (Å²) in [6.45, 7) is 0.990. The fourth-order valence-corrected chi connectivity index (χ4v) is 1.70. The number of hydrogen-bond donors (Lipinski definition) is 3. The summed E-state index contributed by atoms with van der Waals surface area (Å²) in [5, 5.41) is 15.2. The first kappa shape index (κ1) is 10.8. The molecule has 0 fully saturated rings. The molecule has 86 valence electrons. The van der Waals surface area contributed by atoms with Crippen LogP contribution in [0.15, 0.2) is 14.6 Å². The highest BCUT2D eigenvalue weighted by molar-refractivity contribution is 7.07. The van der Waals surface area contributed by atoms with Crippen LogP contribution in [0.3, 0.4) is 0 Å². The molecule has 0 radical (unpaired) electrons. The van der Waals surface area contributed by atoms with Gasteiger partial charge in [0.1, 0.15) is 0 Å². The van der Waals surface area contributed by atoms with Gasteiger partial charge in [0.15, 0.2) is 0 Å². The molecule has 2 rings (SSSR count). The zero-order valence-electron chi connectivity index (χ0n) is 8.61. The molecule has 0 aromatic carbocycles. The molecule has 0 aliphatic carbocycles. The molecule has 7 nitrogen and oxygen atoms in total. The van der Waals surface area contributed by atoms with Gasteiger partial charge in [0.25, 0.3) is 0 Å². The number of nitrogens with one attached hydrogen (secondary N) is 3. The van der Waals surface area contributed by atoms with Gasteiger partial charge in [-0.3, -0.25) is 4.79 Å². The Morgan fingerprint density at radius 2 is 2.38 bits per heavy atom. The van der Waals surface area contributed by atoms with E-state index in [2.05, 4.69) is 25.8 Å². The van der Waals surface area contributed by atoms with Crippen LogP contribution >= 0.6 is 11.3 Å². The van der Waals surface area contributed by atoms with Crippen LogP contribution in [0, 0.1) is 0 Å². The van der Waals surface area contributed by atoms with E-state index in [-0.39, 0.29) is 4.87 Å². The first-order valence-electron chi connectivity index (χ1n) is 4.65. The summed E-state index contributed by atoms with van der Waals surface area (Å²) >= 11 is 1.13. The number of nitrogens with zero attached hydrogens (tertiary/aromatic N) is 2. The highest BCUT2D eigenvalue weighted by Crippen LogP contribution is 2.06. The van der Waals surface area contributed by atoms with E-state index in [0.717, 1.165) is 17.0 Å². The van der Waals surface area contributed by atoms with Gasteiger partial charge in [-0.25, -0.2) is 0 Å². The van der Waals surface area contributed by atoms with Gasteiger partial charge in [-0.15, -0.1) is 5.10 Å². The van der Waals surface area contributed by atoms with Crippen molar-refractivity contribution >= 4 is 17.4 Å². The van der Waals surface area contributed by atoms with Crippen molar-refractivity contribution in [2.75, 3.05) is 12.4 Å². The summed E-state index contributed by atoms with van der Waals surface area (Å²) in [5.74, 6) is 0.517. The molecule has 3 N–H and O–H groups in total. The fraction of sp³-hybridized carbons (Fsp3) is 0.375. The Hall–Kier alpha value is -1.67. The lowest BCUT2D eigenvalue weighted by atomic mass is 10.5. The molecule has 2 heterocycles. The van der Waals surface area contributed by atoms with Crippen LogP contribution in [0.4, 0.5) is 6.01 Å². The van der Waals surface area contributed by atoms with Crippen molar-refractivity contribution in [3.05, 3.63) is 26.6 Å². The summed E-state index contributed by atoms with van der Waals surface area (Å²) in [6.07, 6.45) is 0. The second kappa shape index (κ2) is 4.90. The third kappa shape index (κ3) is 2.67. The summed E-state index contributed by atoms with van der Waals surface area (Å²) in [4.78, 5) is 13.5. The number of anilines is 1. The van der Waals surface area contributed by atoms with Gasteiger partial charge >= 0.3 is 10.9 Å². The molecule has 8 heteroatoms. The molecule has 0 atom stereocenters. The number of aromatic nitrogens is 3. The monoisotopic (exact) mass is 241 g/mol. The van der Waals surface area contributed by atoms with Gasteiger partial charge in [0.05, 0.1) is 13.1 Å². The Morgan fingerprint density at radius 1 is 1.50 bits per heavy atom. The summed E-state index contributed by atoms with van der Waals surface area (Å²) < 4.78 is 5.27. The maximum Gasteiger partial charge on any atom is 0.315 e. The van der Waals surface area contributed by atoms with Crippen LogP contribution in [-0.2, 0) is 13.1 Å². The van der Waals surface area contributed by atoms with E-state index in [1.165, 1.54) is 0 Å². The first-order valence-corrected chi connectivity index (χ1v) is 5.53. The number of rotatable bonds is 5. The number of hydrogen-bond acceptors (Lipinski definition) is 7. The van der Waals surface area contributed by atoms with Gasteiger partial charge in [-0.05, 0) is 7.05 Å². The van der Waals surface area contributed by atoms with E-state index < -0.39 is 0 Å². The minimum atomic E-state index is -0.0711. The van der Waals surface area contributed by atoms with E-state index in [9.17, 15) is 4.79 Å². The average molecular weight is 241 g/mol. The molecule has 0 amide bonds. The third-order valence-corrected chi connectivity index (χ3v) is 2.51. The Kier molecular flexibility index (Phi) is 3.32. The highest BCUT2D eigenvalue weighted by atomic mass is 32.1. The van der Waals surface area contributed by atoms with E-state index in [0.29, 0.717) is 25.0 Å². The largest absolute Gasteiger partial charge is 0.407 e. The van der Waals surface area contributed by atoms with Gasteiger partial charge in [0.2, 0.25) is 5.89 Å². The zero-order chi connectivity index (χ0) is 11.4. The smallest absolute Gasteiger partial charge is 0.315 e. The lowest BCUT2D eigenvalue weighted by Gasteiger charge is -1.96. The molecule has 16 heavy (non-hydrogen) atoms. The van der Waals surface area contributed by atoms with Gasteiger partial charge in [-0.1, -0.05) is 16.4 Å². The van der Waals surface area contributed by atoms with Crippen molar-refractivity contribution in [1.29, 1.82) is 0 Å². The van der Waals surface area contributed by atoms with Crippen molar-refractivity contribution in [2.45, 2.75) is 13.1 Å². The van der Waals surface area contributed by atoms with Crippen molar-refractivity contribution < 1.29 is 4.42 Å². The number of thiazole rings is 1. The number of aromatic amines is 1. The molecule has 0 aliphatic rings. The topological polar surface area (TPSA) is 95.8 Å². The van der Waals surface area contributed by atoms with Crippen molar-refractivity contribution in [1.82, 2.24) is 20.5 Å². The number of H-pyrrole nitrogens is 1. The molecule has 2 aromatic rings. The lowest BCUT2D eigenvalue weighted by molar-refractivity contribution is 0.489. The van der Waals surface area contributed by atoms with Crippen LogP contribution in [0.1, 0.15) is 11.6 Å². The molecule has 0 spiro atoms. The van der Waals surface area contributed by atoms with E-state index in [1.54, 1.807) is 12.4 Å². The Bertz CT molecular complexity index is 502. The van der Waals surface area contributed by atoms with Gasteiger partial charge in [0, 0.05) is 11.1 Å². The minimum absolute atomic E-state index is 0.0711. The lowest BCUT2D eigenvalue weighted by Crippen LogP contribution is -2.05. The SMILES string of the molecule is CNCc1nnc(NCc2csc(=O)[nH]2)o1. The normalized spacial score (nSPS) is 10.6. The third-order valence-electron chi connectivity index (χ3n) is 1.80. The molecule has 0 bridgehead atoms. The van der Waals surface area contributed by atoms with Crippen LogP contribution in [0.2, 0.25) is 0 Å². The Balaban J connectivity index is 1.91. The Morgan fingerprint density at radius 3 is 3.06 bits per heavy atom. The first-order chi connectivity index (χ1) is 7.78. The minimum Gasteiger partial charge on any atom is -0.407 e. The second-order valence-corrected chi connectivity index (χ2v) is 3.90. The molecule has 0 aliphatic heterocycles. The summed E-state index contributed by atoms with van der Waals surface area (Å²) in [6, 6.07) is 0.345. The molecular formula is C8H11N5O2S. The predicted octanol–water partition coefficient (Wildman–Crippen LogP) is 0.151. The van der Waals surface area contributed by atoms with Crippen molar-refractivity contribution in [3.8, 4) is 0 Å². The molecule has 2 aromatic heterocycles. The molecule has 0 saturated heterocycles. The zero-order valence-corrected chi connectivity index (χ0v) is 9.43. The van der Waals surface area contributed by atoms with Crippen LogP contribution in [0.25, 0.3) is 0 Å². The van der Waals surface area contributed by atoms with Crippen LogP contribution < -0.4 is 15.5 Å². The van der Waals surface area contributed by atoms with Crippen molar-refractivity contribution in [2.24, 2.45) is 0 Å². The Labute approximate surface area is 94.9 Å². The van der Waals surface area contributed by atoms with E-state index in [1.807, 2.05) is 0 Å². The second-order valence-electron chi connectivity index (χ2n) is 3.06. The maximum atomic E-state index is 10.9. The fourth-order valence-electron chi connectivity index (χ4n) is 1.12. The maximum absolute atomic E-state index is 10.9. The average Bonchev–Trinajstić information content (AvgIpc) is 2.85.